The molecule has 0 aliphatic rings. The second-order valence-electron chi connectivity index (χ2n) is 8.83. The van der Waals surface area contributed by atoms with Crippen LogP contribution in [0.25, 0.3) is 0 Å². The number of benzene rings is 1. The quantitative estimate of drug-likeness (QED) is 0.168. The van der Waals surface area contributed by atoms with Gasteiger partial charge in [-0.2, -0.15) is 0 Å². The van der Waals surface area contributed by atoms with Crippen LogP contribution in [-0.4, -0.2) is 0 Å². The van der Waals surface area contributed by atoms with Crippen molar-refractivity contribution in [1.29, 1.82) is 0 Å². The maximum absolute atomic E-state index is 3.82. The molecule has 0 aliphatic carbocycles. The molecule has 0 aromatic heterocycles. The molecule has 0 atom stereocenters. The Kier molecular flexibility index (Phi) is 14.3. The molecule has 0 saturated heterocycles. The van der Waals surface area contributed by atoms with Crippen LogP contribution in [0.5, 0.6) is 0 Å². The summed E-state index contributed by atoms with van der Waals surface area (Å²) in [6.45, 7) is 6.79. The summed E-state index contributed by atoms with van der Waals surface area (Å²) in [7, 11) is 0. The molecule has 0 saturated carbocycles. The first-order valence-corrected chi connectivity index (χ1v) is 12.6. The van der Waals surface area contributed by atoms with Crippen molar-refractivity contribution in [3.05, 3.63) is 35.4 Å². The van der Waals surface area contributed by atoms with Gasteiger partial charge in [0.1, 0.15) is 0 Å². The van der Waals surface area contributed by atoms with Gasteiger partial charge in [-0.1, -0.05) is 137 Å². The zero-order valence-corrected chi connectivity index (χ0v) is 20.1. The summed E-state index contributed by atoms with van der Waals surface area (Å²) in [5.74, 6) is 0. The van der Waals surface area contributed by atoms with Gasteiger partial charge < -0.3 is 0 Å². The lowest BCUT2D eigenvalue weighted by atomic mass is 9.93. The van der Waals surface area contributed by atoms with E-state index in [0.29, 0.717) is 0 Å². The molecule has 0 bridgehead atoms. The molecule has 0 radical (unpaired) electrons. The fraction of sp³-hybridized carbons (Fsp3) is 0.769. The predicted molar refractivity (Wildman–Crippen MR) is 127 cm³/mol. The van der Waals surface area contributed by atoms with Crippen molar-refractivity contribution in [2.75, 3.05) is 0 Å². The highest BCUT2D eigenvalue weighted by Crippen LogP contribution is 2.33. The Bertz CT molecular complexity index is 458. The normalized spacial score (nSPS) is 11.9. The number of halogens is 1. The maximum Gasteiger partial charge on any atom is 0.0452 e. The first kappa shape index (κ1) is 24.7. The fourth-order valence-electron chi connectivity index (χ4n) is 4.01. The predicted octanol–water partition coefficient (Wildman–Crippen LogP) is 9.73. The molecule has 0 spiro atoms. The molecule has 0 N–H and O–H groups in total. The van der Waals surface area contributed by atoms with Gasteiger partial charge in [-0.05, 0) is 37.8 Å². The molecule has 1 aromatic carbocycles. The van der Waals surface area contributed by atoms with Crippen LogP contribution in [0.1, 0.15) is 128 Å². The summed E-state index contributed by atoms with van der Waals surface area (Å²) < 4.78 is 0.0824. The largest absolute Gasteiger partial charge is 0.0807 e. The van der Waals surface area contributed by atoms with Crippen LogP contribution in [0.2, 0.25) is 0 Å². The molecule has 0 nitrogen and oxygen atoms in total. The van der Waals surface area contributed by atoms with Gasteiger partial charge in [0.15, 0.2) is 0 Å². The molecular weight excluding hydrogens is 392 g/mol. The van der Waals surface area contributed by atoms with Crippen molar-refractivity contribution >= 4 is 15.9 Å². The van der Waals surface area contributed by atoms with Crippen molar-refractivity contribution in [2.24, 2.45) is 0 Å². The van der Waals surface area contributed by atoms with Gasteiger partial charge in [0.05, 0.1) is 0 Å². The summed E-state index contributed by atoms with van der Waals surface area (Å²) >= 11 is 3.82. The molecule has 1 heteroatoms. The lowest BCUT2D eigenvalue weighted by Crippen LogP contribution is -2.10. The Morgan fingerprint density at radius 1 is 0.630 bits per heavy atom. The number of unbranched alkanes of at least 4 members (excludes halogenated alkanes) is 14. The average Bonchev–Trinajstić information content (AvgIpc) is 2.64. The minimum atomic E-state index is 0.0824. The fourth-order valence-corrected chi connectivity index (χ4v) is 4.39. The summed E-state index contributed by atoms with van der Waals surface area (Å²) in [4.78, 5) is 0. The van der Waals surface area contributed by atoms with E-state index in [2.05, 4.69) is 61.0 Å². The van der Waals surface area contributed by atoms with Crippen molar-refractivity contribution < 1.29 is 0 Å². The Balaban J connectivity index is 1.93. The van der Waals surface area contributed by atoms with Crippen LogP contribution in [0, 0.1) is 0 Å². The minimum absolute atomic E-state index is 0.0824. The van der Waals surface area contributed by atoms with Crippen LogP contribution in [0.15, 0.2) is 24.3 Å². The van der Waals surface area contributed by atoms with Crippen molar-refractivity contribution in [3.63, 3.8) is 0 Å². The summed E-state index contributed by atoms with van der Waals surface area (Å²) in [6, 6.07) is 8.93. The number of hydrogen-bond donors (Lipinski definition) is 0. The molecule has 0 aliphatic heterocycles. The van der Waals surface area contributed by atoms with Gasteiger partial charge in [-0.15, -0.1) is 0 Å². The molecule has 0 amide bonds. The lowest BCUT2D eigenvalue weighted by Gasteiger charge is -2.21. The molecule has 0 fully saturated rings. The zero-order chi connectivity index (χ0) is 19.8. The highest BCUT2D eigenvalue weighted by Gasteiger charge is 2.18. The third kappa shape index (κ3) is 12.7. The van der Waals surface area contributed by atoms with Gasteiger partial charge in [0.2, 0.25) is 0 Å². The monoisotopic (exact) mass is 436 g/mol. The van der Waals surface area contributed by atoms with E-state index in [-0.39, 0.29) is 4.32 Å². The van der Waals surface area contributed by atoms with E-state index in [9.17, 15) is 0 Å². The molecule has 1 rings (SSSR count). The molecule has 27 heavy (non-hydrogen) atoms. The SMILES string of the molecule is CCCCCCCCCCCCCCCCCc1ccccc1C(C)(C)Br. The Labute approximate surface area is 179 Å². The minimum Gasteiger partial charge on any atom is -0.0807 e. The lowest BCUT2D eigenvalue weighted by molar-refractivity contribution is 0.532. The third-order valence-corrected chi connectivity index (χ3v) is 6.13. The number of aryl methyl sites for hydroxylation is 1. The smallest absolute Gasteiger partial charge is 0.0452 e. The third-order valence-electron chi connectivity index (χ3n) is 5.71. The van der Waals surface area contributed by atoms with Gasteiger partial charge in [-0.3, -0.25) is 0 Å². The first-order chi connectivity index (χ1) is 13.1. The summed E-state index contributed by atoms with van der Waals surface area (Å²) in [5.41, 5.74) is 2.98. The van der Waals surface area contributed by atoms with Crippen molar-refractivity contribution in [3.8, 4) is 0 Å². The van der Waals surface area contributed by atoms with Crippen LogP contribution < -0.4 is 0 Å². The van der Waals surface area contributed by atoms with Gasteiger partial charge in [0.25, 0.3) is 0 Å². The Morgan fingerprint density at radius 2 is 1.04 bits per heavy atom. The molecule has 0 heterocycles. The van der Waals surface area contributed by atoms with Crippen LogP contribution in [0.3, 0.4) is 0 Å². The highest BCUT2D eigenvalue weighted by atomic mass is 79.9. The van der Waals surface area contributed by atoms with E-state index in [1.165, 1.54) is 114 Å². The van der Waals surface area contributed by atoms with E-state index in [1.54, 1.807) is 0 Å². The van der Waals surface area contributed by atoms with Crippen molar-refractivity contribution in [2.45, 2.75) is 128 Å². The summed E-state index contributed by atoms with van der Waals surface area (Å²) in [6.07, 6.45) is 22.7. The molecule has 156 valence electrons. The number of alkyl halides is 1. The van der Waals surface area contributed by atoms with E-state index < -0.39 is 0 Å². The van der Waals surface area contributed by atoms with E-state index in [4.69, 9.17) is 0 Å². The van der Waals surface area contributed by atoms with Gasteiger partial charge in [0, 0.05) is 4.32 Å². The van der Waals surface area contributed by atoms with Gasteiger partial charge >= 0.3 is 0 Å². The van der Waals surface area contributed by atoms with E-state index in [0.717, 1.165) is 0 Å². The Morgan fingerprint density at radius 3 is 1.48 bits per heavy atom. The maximum atomic E-state index is 3.82. The molecular formula is C26H45Br. The molecule has 1 aromatic rings. The topological polar surface area (TPSA) is 0 Å². The van der Waals surface area contributed by atoms with Crippen LogP contribution >= 0.6 is 15.9 Å². The standard InChI is InChI=1S/C26H45Br/c1-4-5-6-7-8-9-10-11-12-13-14-15-16-17-18-21-24-22-19-20-23-25(24)26(2,3)27/h19-20,22-23H,4-18,21H2,1-3H3. The molecule has 0 unspecified atom stereocenters. The number of hydrogen-bond acceptors (Lipinski definition) is 0. The van der Waals surface area contributed by atoms with E-state index >= 15 is 0 Å². The number of rotatable bonds is 17. The van der Waals surface area contributed by atoms with Gasteiger partial charge in [-0.25, -0.2) is 0 Å². The zero-order valence-electron chi connectivity index (χ0n) is 18.5. The summed E-state index contributed by atoms with van der Waals surface area (Å²) in [5, 5.41) is 0. The highest BCUT2D eigenvalue weighted by molar-refractivity contribution is 9.09. The average molecular weight is 438 g/mol. The van der Waals surface area contributed by atoms with Crippen LogP contribution in [0.4, 0.5) is 0 Å². The second kappa shape index (κ2) is 15.6. The van der Waals surface area contributed by atoms with Crippen LogP contribution in [-0.2, 0) is 10.7 Å². The second-order valence-corrected chi connectivity index (χ2v) is 10.8. The van der Waals surface area contributed by atoms with E-state index in [1.807, 2.05) is 0 Å². The Hall–Kier alpha value is -0.300. The first-order valence-electron chi connectivity index (χ1n) is 11.8. The van der Waals surface area contributed by atoms with Crippen molar-refractivity contribution in [1.82, 2.24) is 0 Å².